The van der Waals surface area contributed by atoms with Crippen molar-refractivity contribution in [1.82, 2.24) is 19.7 Å². The Labute approximate surface area is 173 Å². The van der Waals surface area contributed by atoms with Gasteiger partial charge in [-0.1, -0.05) is 6.92 Å². The maximum atomic E-state index is 13.7. The van der Waals surface area contributed by atoms with Gasteiger partial charge in [-0.3, -0.25) is 9.78 Å². The molecule has 0 spiro atoms. The number of anilines is 1. The number of aromatic nitrogens is 3. The van der Waals surface area contributed by atoms with Gasteiger partial charge in [-0.05, 0) is 50.7 Å². The molecule has 0 bridgehead atoms. The van der Waals surface area contributed by atoms with Crippen LogP contribution in [-0.4, -0.2) is 44.3 Å². The average molecular weight is 421 g/mol. The van der Waals surface area contributed by atoms with Gasteiger partial charge in [-0.25, -0.2) is 4.68 Å². The van der Waals surface area contributed by atoms with E-state index in [1.165, 1.54) is 0 Å². The normalized spacial score (nSPS) is 24.3. The van der Waals surface area contributed by atoms with E-state index in [0.717, 1.165) is 23.1 Å². The maximum Gasteiger partial charge on any atom is 0.410 e. The van der Waals surface area contributed by atoms with Crippen LogP contribution in [0.4, 0.5) is 19.0 Å². The zero-order valence-electron chi connectivity index (χ0n) is 17.1. The molecule has 1 saturated heterocycles. The highest BCUT2D eigenvalue weighted by molar-refractivity contribution is 5.95. The summed E-state index contributed by atoms with van der Waals surface area (Å²) in [5.74, 6) is 0.251. The van der Waals surface area contributed by atoms with Crippen LogP contribution in [0.1, 0.15) is 72.7 Å². The first kappa shape index (κ1) is 20.7. The number of piperidine rings is 1. The Balaban J connectivity index is 1.68. The molecular weight excluding hydrogens is 395 g/mol. The first-order chi connectivity index (χ1) is 14.3. The molecule has 9 heteroatoms. The molecular formula is C21H26F3N5O. The lowest BCUT2D eigenvalue weighted by Crippen LogP contribution is -2.40. The van der Waals surface area contributed by atoms with Crippen molar-refractivity contribution in [1.29, 1.82) is 0 Å². The van der Waals surface area contributed by atoms with E-state index >= 15 is 0 Å². The summed E-state index contributed by atoms with van der Waals surface area (Å²) < 4.78 is 42.1. The number of halogens is 3. The Morgan fingerprint density at radius 2 is 2.13 bits per heavy atom. The Bertz CT molecular complexity index is 926. The molecule has 162 valence electrons. The van der Waals surface area contributed by atoms with Crippen LogP contribution in [0, 0.1) is 6.92 Å². The summed E-state index contributed by atoms with van der Waals surface area (Å²) in [6.07, 6.45) is 1.85. The topological polar surface area (TPSA) is 63.1 Å². The minimum absolute atomic E-state index is 0.0440. The minimum atomic E-state index is -4.37. The van der Waals surface area contributed by atoms with Crippen LogP contribution in [0.5, 0.6) is 0 Å². The largest absolute Gasteiger partial charge is 0.410 e. The number of hydrogen-bond acceptors (Lipinski definition) is 4. The number of fused-ring (bicyclic) bond motifs is 1. The third-order valence-corrected chi connectivity index (χ3v) is 6.14. The number of carbonyl (C=O) groups is 1. The van der Waals surface area contributed by atoms with E-state index in [-0.39, 0.29) is 24.4 Å². The third-order valence-electron chi connectivity index (χ3n) is 6.14. The number of hydrogen-bond donors (Lipinski definition) is 1. The number of amides is 1. The van der Waals surface area contributed by atoms with E-state index in [1.54, 1.807) is 29.4 Å². The molecule has 1 N–H and O–H groups in total. The second-order valence-electron chi connectivity index (χ2n) is 8.14. The van der Waals surface area contributed by atoms with Crippen LogP contribution in [0.2, 0.25) is 0 Å². The fourth-order valence-electron chi connectivity index (χ4n) is 4.45. The molecule has 0 saturated carbocycles. The zero-order valence-corrected chi connectivity index (χ0v) is 17.1. The summed E-state index contributed by atoms with van der Waals surface area (Å²) in [7, 11) is 0. The van der Waals surface area contributed by atoms with Crippen molar-refractivity contribution in [3.05, 3.63) is 41.3 Å². The molecule has 2 aromatic heterocycles. The quantitative estimate of drug-likeness (QED) is 0.784. The number of likely N-dealkylation sites (tertiary alicyclic amines) is 1. The molecule has 2 aromatic rings. The van der Waals surface area contributed by atoms with E-state index < -0.39 is 12.2 Å². The summed E-state index contributed by atoms with van der Waals surface area (Å²) in [6, 6.07) is 1.14. The molecule has 0 radical (unpaired) electrons. The Morgan fingerprint density at radius 1 is 1.33 bits per heavy atom. The molecule has 2 aliphatic rings. The molecule has 1 fully saturated rings. The van der Waals surface area contributed by atoms with Gasteiger partial charge in [0.05, 0.1) is 11.7 Å². The highest BCUT2D eigenvalue weighted by Gasteiger charge is 2.46. The fourth-order valence-corrected chi connectivity index (χ4v) is 4.45. The standard InChI is InChI=1S/C21H26F3N5O/c1-3-14-10-18(21(22,23)24)29-19(26-14)11-16(27-29)17-6-4-5-9-28(17)20(30)15-7-8-25-12-13(15)2/h7-8,11-12,14,17-18,26H,3-6,9-10H2,1-2H3/t14-,17+,18-/m1/s1. The summed E-state index contributed by atoms with van der Waals surface area (Å²) in [5.41, 5.74) is 1.86. The lowest BCUT2D eigenvalue weighted by Gasteiger charge is -2.35. The van der Waals surface area contributed by atoms with Crippen molar-refractivity contribution in [2.24, 2.45) is 0 Å². The molecule has 4 heterocycles. The number of nitrogens with zero attached hydrogens (tertiary/aromatic N) is 4. The molecule has 0 aliphatic carbocycles. The van der Waals surface area contributed by atoms with E-state index in [2.05, 4.69) is 15.4 Å². The van der Waals surface area contributed by atoms with Crippen LogP contribution in [0.3, 0.4) is 0 Å². The zero-order chi connectivity index (χ0) is 21.5. The summed E-state index contributed by atoms with van der Waals surface area (Å²) in [5, 5.41) is 7.55. The molecule has 0 aromatic carbocycles. The minimum Gasteiger partial charge on any atom is -0.367 e. The molecule has 0 unspecified atom stereocenters. The van der Waals surface area contributed by atoms with Crippen LogP contribution in [-0.2, 0) is 0 Å². The first-order valence-corrected chi connectivity index (χ1v) is 10.4. The number of nitrogens with one attached hydrogen (secondary N) is 1. The number of pyridine rings is 1. The summed E-state index contributed by atoms with van der Waals surface area (Å²) in [4.78, 5) is 19.0. The van der Waals surface area contributed by atoms with E-state index in [4.69, 9.17) is 0 Å². The Morgan fingerprint density at radius 3 is 2.83 bits per heavy atom. The first-order valence-electron chi connectivity index (χ1n) is 10.4. The van der Waals surface area contributed by atoms with E-state index in [9.17, 15) is 18.0 Å². The van der Waals surface area contributed by atoms with Gasteiger partial charge in [0.25, 0.3) is 5.91 Å². The van der Waals surface area contributed by atoms with Crippen molar-refractivity contribution in [3.63, 3.8) is 0 Å². The highest BCUT2D eigenvalue weighted by atomic mass is 19.4. The van der Waals surface area contributed by atoms with Gasteiger partial charge in [0, 0.05) is 36.6 Å². The number of carbonyl (C=O) groups excluding carboxylic acids is 1. The van der Waals surface area contributed by atoms with Gasteiger partial charge < -0.3 is 10.2 Å². The van der Waals surface area contributed by atoms with Crippen LogP contribution < -0.4 is 5.32 Å². The second kappa shape index (κ2) is 7.92. The monoisotopic (exact) mass is 421 g/mol. The van der Waals surface area contributed by atoms with Crippen molar-refractivity contribution >= 4 is 11.7 Å². The fraction of sp³-hybridized carbons (Fsp3) is 0.571. The third kappa shape index (κ3) is 3.77. The molecule has 6 nitrogen and oxygen atoms in total. The lowest BCUT2D eigenvalue weighted by molar-refractivity contribution is -0.173. The summed E-state index contributed by atoms with van der Waals surface area (Å²) in [6.45, 7) is 4.26. The van der Waals surface area contributed by atoms with Crippen LogP contribution >= 0.6 is 0 Å². The second-order valence-corrected chi connectivity index (χ2v) is 8.14. The van der Waals surface area contributed by atoms with Crippen molar-refractivity contribution in [3.8, 4) is 0 Å². The smallest absolute Gasteiger partial charge is 0.367 e. The van der Waals surface area contributed by atoms with Crippen LogP contribution in [0.15, 0.2) is 24.5 Å². The predicted molar refractivity (Wildman–Crippen MR) is 106 cm³/mol. The molecule has 2 aliphatic heterocycles. The molecule has 30 heavy (non-hydrogen) atoms. The van der Waals surface area contributed by atoms with Crippen molar-refractivity contribution < 1.29 is 18.0 Å². The van der Waals surface area contributed by atoms with E-state index in [0.29, 0.717) is 36.5 Å². The average Bonchev–Trinajstić information content (AvgIpc) is 3.16. The summed E-state index contributed by atoms with van der Waals surface area (Å²) >= 11 is 0. The van der Waals surface area contributed by atoms with Gasteiger partial charge in [-0.2, -0.15) is 18.3 Å². The Kier molecular flexibility index (Phi) is 5.46. The van der Waals surface area contributed by atoms with E-state index in [1.807, 2.05) is 13.8 Å². The predicted octanol–water partition coefficient (Wildman–Crippen LogP) is 4.65. The van der Waals surface area contributed by atoms with Crippen molar-refractivity contribution in [2.45, 2.75) is 70.3 Å². The van der Waals surface area contributed by atoms with Gasteiger partial charge in [0.15, 0.2) is 6.04 Å². The van der Waals surface area contributed by atoms with Gasteiger partial charge in [0.1, 0.15) is 5.82 Å². The SMILES string of the molecule is CC[C@@H]1C[C@H](C(F)(F)F)n2nc([C@@H]3CCCCN3C(=O)c3ccncc3C)cc2N1. The number of alkyl halides is 3. The lowest BCUT2D eigenvalue weighted by atomic mass is 9.97. The van der Waals surface area contributed by atoms with Crippen LogP contribution in [0.25, 0.3) is 0 Å². The Hall–Kier alpha value is -2.58. The molecule has 4 rings (SSSR count). The number of rotatable bonds is 3. The molecule has 1 amide bonds. The molecule has 3 atom stereocenters. The number of aryl methyl sites for hydroxylation is 1. The van der Waals surface area contributed by atoms with Crippen molar-refractivity contribution in [2.75, 3.05) is 11.9 Å². The highest BCUT2D eigenvalue weighted by Crippen LogP contribution is 2.42. The van der Waals surface area contributed by atoms with Gasteiger partial charge in [-0.15, -0.1) is 0 Å². The van der Waals surface area contributed by atoms with Gasteiger partial charge >= 0.3 is 6.18 Å². The maximum absolute atomic E-state index is 13.7. The van der Waals surface area contributed by atoms with Gasteiger partial charge in [0.2, 0.25) is 0 Å².